The van der Waals surface area contributed by atoms with E-state index >= 15 is 0 Å². The maximum Gasteiger partial charge on any atom is 0.163 e. The molecule has 15 heavy (non-hydrogen) atoms. The van der Waals surface area contributed by atoms with Crippen LogP contribution in [-0.2, 0) is 0 Å². The zero-order chi connectivity index (χ0) is 11.4. The molecule has 1 aromatic rings. The second-order valence-electron chi connectivity index (χ2n) is 3.00. The standard InChI is InChI=1S/C8H11BrN4O2/c9-2-1-5(14)7(15)6-4(3-10)8(11)13-12-6/h5,7,14-15H,1-2H2,(H3,11,12,13). The number of aliphatic hydroxyl groups is 2. The quantitative estimate of drug-likeness (QED) is 0.578. The first kappa shape index (κ1) is 12.0. The second-order valence-corrected chi connectivity index (χ2v) is 3.79. The largest absolute Gasteiger partial charge is 0.390 e. The van der Waals surface area contributed by atoms with Gasteiger partial charge in [0.25, 0.3) is 0 Å². The van der Waals surface area contributed by atoms with E-state index in [2.05, 4.69) is 26.1 Å². The van der Waals surface area contributed by atoms with Gasteiger partial charge in [-0.25, -0.2) is 0 Å². The molecule has 1 rings (SSSR count). The van der Waals surface area contributed by atoms with Gasteiger partial charge in [-0.1, -0.05) is 15.9 Å². The lowest BCUT2D eigenvalue weighted by atomic mass is 10.1. The average Bonchev–Trinajstić information content (AvgIpc) is 2.58. The average molecular weight is 275 g/mol. The molecule has 7 heteroatoms. The Labute approximate surface area is 94.8 Å². The Morgan fingerprint density at radius 1 is 1.60 bits per heavy atom. The smallest absolute Gasteiger partial charge is 0.163 e. The third-order valence-corrected chi connectivity index (χ3v) is 2.46. The molecule has 0 aliphatic carbocycles. The molecular weight excluding hydrogens is 264 g/mol. The number of rotatable bonds is 4. The summed E-state index contributed by atoms with van der Waals surface area (Å²) in [7, 11) is 0. The van der Waals surface area contributed by atoms with Crippen LogP contribution in [0.2, 0.25) is 0 Å². The number of aromatic nitrogens is 2. The molecule has 0 saturated carbocycles. The summed E-state index contributed by atoms with van der Waals surface area (Å²) in [6.45, 7) is 0. The van der Waals surface area contributed by atoms with Crippen LogP contribution < -0.4 is 5.73 Å². The summed E-state index contributed by atoms with van der Waals surface area (Å²) in [6.07, 6.45) is -1.77. The van der Waals surface area contributed by atoms with Crippen LogP contribution in [0.25, 0.3) is 0 Å². The van der Waals surface area contributed by atoms with E-state index in [-0.39, 0.29) is 17.1 Å². The Bertz CT molecular complexity index is 373. The summed E-state index contributed by atoms with van der Waals surface area (Å²) < 4.78 is 0. The van der Waals surface area contributed by atoms with Crippen molar-refractivity contribution in [1.82, 2.24) is 10.2 Å². The van der Waals surface area contributed by atoms with Crippen molar-refractivity contribution >= 4 is 21.7 Å². The van der Waals surface area contributed by atoms with E-state index < -0.39 is 12.2 Å². The Hall–Kier alpha value is -1.10. The fraction of sp³-hybridized carbons (Fsp3) is 0.500. The number of hydrogen-bond donors (Lipinski definition) is 4. The van der Waals surface area contributed by atoms with Crippen LogP contribution in [-0.4, -0.2) is 31.8 Å². The molecular formula is C8H11BrN4O2. The predicted octanol–water partition coefficient (Wildman–Crippen LogP) is 0.0429. The molecule has 82 valence electrons. The van der Waals surface area contributed by atoms with E-state index in [1.807, 2.05) is 6.07 Å². The Morgan fingerprint density at radius 2 is 2.27 bits per heavy atom. The van der Waals surface area contributed by atoms with E-state index in [0.29, 0.717) is 11.8 Å². The highest BCUT2D eigenvalue weighted by Crippen LogP contribution is 2.23. The SMILES string of the molecule is N#Cc1c(N)n[nH]c1C(O)C(O)CCBr. The molecule has 0 radical (unpaired) electrons. The number of aliphatic hydroxyl groups excluding tert-OH is 2. The van der Waals surface area contributed by atoms with Crippen molar-refractivity contribution < 1.29 is 10.2 Å². The molecule has 0 fully saturated rings. The number of H-pyrrole nitrogens is 1. The van der Waals surface area contributed by atoms with E-state index in [4.69, 9.17) is 11.0 Å². The molecule has 0 aliphatic rings. The molecule has 5 N–H and O–H groups in total. The normalized spacial score (nSPS) is 14.5. The lowest BCUT2D eigenvalue weighted by Crippen LogP contribution is -2.19. The van der Waals surface area contributed by atoms with Crippen LogP contribution in [0.15, 0.2) is 0 Å². The van der Waals surface area contributed by atoms with Crippen molar-refractivity contribution in [2.75, 3.05) is 11.1 Å². The fourth-order valence-corrected chi connectivity index (χ4v) is 1.63. The van der Waals surface area contributed by atoms with Crippen molar-refractivity contribution in [3.63, 3.8) is 0 Å². The van der Waals surface area contributed by atoms with Crippen LogP contribution >= 0.6 is 15.9 Å². The molecule has 0 aromatic carbocycles. The highest BCUT2D eigenvalue weighted by molar-refractivity contribution is 9.09. The number of nitrogen functional groups attached to an aromatic ring is 1. The summed E-state index contributed by atoms with van der Waals surface area (Å²) in [5.41, 5.74) is 5.63. The molecule has 0 spiro atoms. The molecule has 0 bridgehead atoms. The van der Waals surface area contributed by atoms with Crippen molar-refractivity contribution in [3.8, 4) is 6.07 Å². The molecule has 0 saturated heterocycles. The van der Waals surface area contributed by atoms with Gasteiger partial charge in [-0.05, 0) is 6.42 Å². The second kappa shape index (κ2) is 5.11. The van der Waals surface area contributed by atoms with E-state index in [1.165, 1.54) is 0 Å². The number of anilines is 1. The van der Waals surface area contributed by atoms with E-state index in [9.17, 15) is 10.2 Å². The Kier molecular flexibility index (Phi) is 4.08. The first-order valence-electron chi connectivity index (χ1n) is 4.27. The monoisotopic (exact) mass is 274 g/mol. The molecule has 1 aromatic heterocycles. The van der Waals surface area contributed by atoms with Crippen LogP contribution in [0.3, 0.4) is 0 Å². The van der Waals surface area contributed by atoms with Crippen molar-refractivity contribution in [1.29, 1.82) is 5.26 Å². The minimum atomic E-state index is -1.18. The van der Waals surface area contributed by atoms with Gasteiger partial charge in [-0.3, -0.25) is 5.10 Å². The van der Waals surface area contributed by atoms with Gasteiger partial charge in [0.15, 0.2) is 5.82 Å². The number of nitriles is 1. The van der Waals surface area contributed by atoms with Gasteiger partial charge in [0.2, 0.25) is 0 Å². The summed E-state index contributed by atoms with van der Waals surface area (Å²) >= 11 is 3.14. The molecule has 0 amide bonds. The summed E-state index contributed by atoms with van der Waals surface area (Å²) in [5.74, 6) is 0.0255. The van der Waals surface area contributed by atoms with Crippen molar-refractivity contribution in [2.24, 2.45) is 0 Å². The zero-order valence-corrected chi connectivity index (χ0v) is 9.40. The van der Waals surface area contributed by atoms with Crippen LogP contribution in [0.4, 0.5) is 5.82 Å². The summed E-state index contributed by atoms with van der Waals surface area (Å²) in [6, 6.07) is 1.82. The number of nitrogens with two attached hydrogens (primary N) is 1. The zero-order valence-electron chi connectivity index (χ0n) is 7.81. The van der Waals surface area contributed by atoms with Crippen LogP contribution in [0.1, 0.15) is 23.8 Å². The molecule has 2 unspecified atom stereocenters. The number of nitrogens with zero attached hydrogens (tertiary/aromatic N) is 2. The van der Waals surface area contributed by atoms with Gasteiger partial charge in [-0.15, -0.1) is 0 Å². The highest BCUT2D eigenvalue weighted by Gasteiger charge is 2.24. The molecule has 2 atom stereocenters. The Morgan fingerprint density at radius 3 is 2.80 bits per heavy atom. The summed E-state index contributed by atoms with van der Waals surface area (Å²) in [5, 5.41) is 34.6. The molecule has 1 heterocycles. The van der Waals surface area contributed by atoms with Gasteiger partial charge in [0, 0.05) is 5.33 Å². The van der Waals surface area contributed by atoms with Gasteiger partial charge in [0.05, 0.1) is 11.8 Å². The third kappa shape index (κ3) is 2.47. The first-order chi connectivity index (χ1) is 7.11. The van der Waals surface area contributed by atoms with E-state index in [0.717, 1.165) is 0 Å². The van der Waals surface area contributed by atoms with Crippen molar-refractivity contribution in [2.45, 2.75) is 18.6 Å². The lowest BCUT2D eigenvalue weighted by molar-refractivity contribution is 0.0146. The Balaban J connectivity index is 2.91. The highest BCUT2D eigenvalue weighted by atomic mass is 79.9. The van der Waals surface area contributed by atoms with Gasteiger partial charge >= 0.3 is 0 Å². The number of alkyl halides is 1. The minimum Gasteiger partial charge on any atom is -0.390 e. The van der Waals surface area contributed by atoms with Gasteiger partial charge < -0.3 is 15.9 Å². The topological polar surface area (TPSA) is 119 Å². The van der Waals surface area contributed by atoms with Crippen molar-refractivity contribution in [3.05, 3.63) is 11.3 Å². The maximum atomic E-state index is 9.70. The number of halogens is 1. The lowest BCUT2D eigenvalue weighted by Gasteiger charge is -2.15. The minimum absolute atomic E-state index is 0.0255. The first-order valence-corrected chi connectivity index (χ1v) is 5.39. The summed E-state index contributed by atoms with van der Waals surface area (Å²) in [4.78, 5) is 0. The van der Waals surface area contributed by atoms with Crippen LogP contribution in [0, 0.1) is 11.3 Å². The third-order valence-electron chi connectivity index (χ3n) is 2.00. The number of hydrogen-bond acceptors (Lipinski definition) is 5. The number of nitrogens with one attached hydrogen (secondary N) is 1. The number of aromatic amines is 1. The van der Waals surface area contributed by atoms with Gasteiger partial charge in [-0.2, -0.15) is 10.4 Å². The fourth-order valence-electron chi connectivity index (χ4n) is 1.16. The van der Waals surface area contributed by atoms with E-state index in [1.54, 1.807) is 0 Å². The molecule has 6 nitrogen and oxygen atoms in total. The van der Waals surface area contributed by atoms with Crippen LogP contribution in [0.5, 0.6) is 0 Å². The maximum absolute atomic E-state index is 9.70. The predicted molar refractivity (Wildman–Crippen MR) is 57.1 cm³/mol. The molecule has 0 aliphatic heterocycles. The van der Waals surface area contributed by atoms with Gasteiger partial charge in [0.1, 0.15) is 17.7 Å².